The zero-order valence-electron chi connectivity index (χ0n) is 16.6. The van der Waals surface area contributed by atoms with Gasteiger partial charge in [0.25, 0.3) is 5.91 Å². The van der Waals surface area contributed by atoms with E-state index in [1.165, 1.54) is 7.11 Å². The Bertz CT molecular complexity index is 806. The standard InChI is InChI=1S/C20H26N2O5S/c1-20(2)16(17(23)21-10-11-6-5-9-27-11)22-18(24)14-12(19(22)28-20)7-8-13(25-3)15(14)26-4/h7-8,11,16,19H,5-6,9-10H2,1-4H3,(H,21,23)/t11-,16+,19+/m0/s1. The highest BCUT2D eigenvalue weighted by molar-refractivity contribution is 8.01. The van der Waals surface area contributed by atoms with Gasteiger partial charge >= 0.3 is 0 Å². The lowest BCUT2D eigenvalue weighted by Gasteiger charge is -2.30. The predicted octanol–water partition coefficient (Wildman–Crippen LogP) is 2.35. The Labute approximate surface area is 169 Å². The van der Waals surface area contributed by atoms with Gasteiger partial charge in [-0.15, -0.1) is 11.8 Å². The molecule has 1 N–H and O–H groups in total. The maximum absolute atomic E-state index is 13.4. The van der Waals surface area contributed by atoms with Crippen LogP contribution in [0, 0.1) is 0 Å². The molecule has 7 nitrogen and oxygen atoms in total. The predicted molar refractivity (Wildman–Crippen MR) is 106 cm³/mol. The normalized spacial score (nSPS) is 27.5. The van der Waals surface area contributed by atoms with Gasteiger partial charge in [0.1, 0.15) is 11.4 Å². The van der Waals surface area contributed by atoms with E-state index in [1.807, 2.05) is 26.0 Å². The molecule has 2 amide bonds. The summed E-state index contributed by atoms with van der Waals surface area (Å²) in [6.07, 6.45) is 2.04. The number of fused-ring (bicyclic) bond motifs is 3. The third-order valence-electron chi connectivity index (χ3n) is 5.67. The number of amides is 2. The van der Waals surface area contributed by atoms with Crippen molar-refractivity contribution in [2.75, 3.05) is 27.4 Å². The summed E-state index contributed by atoms with van der Waals surface area (Å²) < 4.78 is 16.0. The molecule has 0 bridgehead atoms. The molecular weight excluding hydrogens is 380 g/mol. The lowest BCUT2D eigenvalue weighted by Crippen LogP contribution is -2.53. The fraction of sp³-hybridized carbons (Fsp3) is 0.600. The van der Waals surface area contributed by atoms with Gasteiger partial charge in [0.2, 0.25) is 5.91 Å². The number of nitrogens with zero attached hydrogens (tertiary/aromatic N) is 1. The summed E-state index contributed by atoms with van der Waals surface area (Å²) in [5.41, 5.74) is 1.36. The van der Waals surface area contributed by atoms with Crippen molar-refractivity contribution in [1.29, 1.82) is 0 Å². The minimum absolute atomic E-state index is 0.0627. The van der Waals surface area contributed by atoms with Crippen LogP contribution in [0.1, 0.15) is 48.0 Å². The Morgan fingerprint density at radius 1 is 1.36 bits per heavy atom. The Balaban J connectivity index is 1.63. The zero-order valence-corrected chi connectivity index (χ0v) is 17.4. The molecule has 0 aromatic heterocycles. The first-order chi connectivity index (χ1) is 13.4. The van der Waals surface area contributed by atoms with E-state index in [4.69, 9.17) is 14.2 Å². The van der Waals surface area contributed by atoms with Gasteiger partial charge in [-0.3, -0.25) is 9.59 Å². The van der Waals surface area contributed by atoms with Crippen molar-refractivity contribution in [3.63, 3.8) is 0 Å². The van der Waals surface area contributed by atoms with Crippen LogP contribution in [0.25, 0.3) is 0 Å². The third kappa shape index (κ3) is 2.93. The fourth-order valence-electron chi connectivity index (χ4n) is 4.37. The summed E-state index contributed by atoms with van der Waals surface area (Å²) in [7, 11) is 3.07. The second-order valence-corrected chi connectivity index (χ2v) is 9.57. The average Bonchev–Trinajstić information content (AvgIpc) is 3.34. The lowest BCUT2D eigenvalue weighted by molar-refractivity contribution is -0.126. The molecule has 2 fully saturated rings. The van der Waals surface area contributed by atoms with Crippen LogP contribution in [0.15, 0.2) is 12.1 Å². The number of rotatable bonds is 5. The van der Waals surface area contributed by atoms with Crippen molar-refractivity contribution in [2.24, 2.45) is 0 Å². The van der Waals surface area contributed by atoms with Crippen LogP contribution in [0.3, 0.4) is 0 Å². The first-order valence-electron chi connectivity index (χ1n) is 9.53. The van der Waals surface area contributed by atoms with E-state index < -0.39 is 10.8 Å². The van der Waals surface area contributed by atoms with Crippen LogP contribution in [0.4, 0.5) is 0 Å². The quantitative estimate of drug-likeness (QED) is 0.809. The molecule has 0 spiro atoms. The number of carbonyl (C=O) groups excluding carboxylic acids is 2. The number of benzene rings is 1. The van der Waals surface area contributed by atoms with Crippen molar-refractivity contribution in [1.82, 2.24) is 10.2 Å². The van der Waals surface area contributed by atoms with E-state index in [-0.39, 0.29) is 23.3 Å². The Morgan fingerprint density at radius 2 is 2.14 bits per heavy atom. The number of methoxy groups -OCH3 is 2. The SMILES string of the molecule is COc1ccc2c(c1OC)C(=O)N1[C@@H]2SC(C)(C)[C@H]1C(=O)NC[C@@H]1CCCO1. The van der Waals surface area contributed by atoms with Crippen LogP contribution in [-0.2, 0) is 9.53 Å². The highest BCUT2D eigenvalue weighted by atomic mass is 32.2. The Hall–Kier alpha value is -1.93. The molecule has 3 heterocycles. The smallest absolute Gasteiger partial charge is 0.260 e. The van der Waals surface area contributed by atoms with E-state index in [1.54, 1.807) is 23.8 Å². The molecule has 0 saturated carbocycles. The number of ether oxygens (including phenoxy) is 3. The second-order valence-electron chi connectivity index (χ2n) is 7.83. The van der Waals surface area contributed by atoms with Gasteiger partial charge < -0.3 is 24.4 Å². The molecule has 152 valence electrons. The maximum Gasteiger partial charge on any atom is 0.260 e. The van der Waals surface area contributed by atoms with Crippen molar-refractivity contribution < 1.29 is 23.8 Å². The van der Waals surface area contributed by atoms with Crippen molar-refractivity contribution in [3.8, 4) is 11.5 Å². The minimum Gasteiger partial charge on any atom is -0.493 e. The topological polar surface area (TPSA) is 77.1 Å². The molecule has 1 aromatic rings. The molecule has 0 radical (unpaired) electrons. The van der Waals surface area contributed by atoms with E-state index in [0.717, 1.165) is 25.0 Å². The van der Waals surface area contributed by atoms with E-state index >= 15 is 0 Å². The summed E-state index contributed by atoms with van der Waals surface area (Å²) in [5, 5.41) is 2.79. The Morgan fingerprint density at radius 3 is 2.79 bits per heavy atom. The molecule has 0 unspecified atom stereocenters. The van der Waals surface area contributed by atoms with E-state index in [9.17, 15) is 9.59 Å². The van der Waals surface area contributed by atoms with Crippen molar-refractivity contribution in [3.05, 3.63) is 23.3 Å². The number of nitrogens with one attached hydrogen (secondary N) is 1. The lowest BCUT2D eigenvalue weighted by atomic mass is 10.0. The van der Waals surface area contributed by atoms with Crippen LogP contribution in [0.5, 0.6) is 11.5 Å². The fourth-order valence-corrected chi connectivity index (χ4v) is 5.95. The van der Waals surface area contributed by atoms with Crippen molar-refractivity contribution >= 4 is 23.6 Å². The van der Waals surface area contributed by atoms with E-state index in [0.29, 0.717) is 23.6 Å². The monoisotopic (exact) mass is 406 g/mol. The number of carbonyl (C=O) groups is 2. The first-order valence-corrected chi connectivity index (χ1v) is 10.4. The van der Waals surface area contributed by atoms with Crippen LogP contribution in [0.2, 0.25) is 0 Å². The van der Waals surface area contributed by atoms with Crippen LogP contribution in [-0.4, -0.2) is 61.0 Å². The first kappa shape index (κ1) is 19.4. The summed E-state index contributed by atoms with van der Waals surface area (Å²) >= 11 is 1.63. The summed E-state index contributed by atoms with van der Waals surface area (Å²) in [4.78, 5) is 28.2. The van der Waals surface area contributed by atoms with Gasteiger partial charge in [-0.1, -0.05) is 6.07 Å². The second kappa shape index (κ2) is 7.15. The van der Waals surface area contributed by atoms with E-state index in [2.05, 4.69) is 5.32 Å². The van der Waals surface area contributed by atoms with Crippen LogP contribution < -0.4 is 14.8 Å². The van der Waals surface area contributed by atoms with Gasteiger partial charge in [0.05, 0.1) is 25.9 Å². The molecule has 3 atom stereocenters. The third-order valence-corrected chi connectivity index (χ3v) is 7.21. The summed E-state index contributed by atoms with van der Waals surface area (Å²) in [6.45, 7) is 5.25. The summed E-state index contributed by atoms with van der Waals surface area (Å²) in [5.74, 6) is 0.615. The molecule has 3 aliphatic heterocycles. The number of hydrogen-bond acceptors (Lipinski definition) is 6. The molecule has 0 aliphatic carbocycles. The average molecular weight is 407 g/mol. The molecular formula is C20H26N2O5S. The minimum atomic E-state index is -0.570. The van der Waals surface area contributed by atoms with Crippen LogP contribution >= 0.6 is 11.8 Å². The highest BCUT2D eigenvalue weighted by Gasteiger charge is 2.58. The summed E-state index contributed by atoms with van der Waals surface area (Å²) in [6, 6.07) is 3.14. The number of thioether (sulfide) groups is 1. The van der Waals surface area contributed by atoms with Gasteiger partial charge in [-0.2, -0.15) is 0 Å². The van der Waals surface area contributed by atoms with Gasteiger partial charge in [-0.05, 0) is 32.8 Å². The Kier molecular flexibility index (Phi) is 4.95. The number of hydrogen-bond donors (Lipinski definition) is 1. The van der Waals surface area contributed by atoms with Crippen molar-refractivity contribution in [2.45, 2.75) is 49.0 Å². The molecule has 2 saturated heterocycles. The largest absolute Gasteiger partial charge is 0.493 e. The molecule has 8 heteroatoms. The molecule has 4 rings (SSSR count). The molecule has 3 aliphatic rings. The molecule has 1 aromatic carbocycles. The highest BCUT2D eigenvalue weighted by Crippen LogP contribution is 2.58. The van der Waals surface area contributed by atoms with Gasteiger partial charge in [0, 0.05) is 23.5 Å². The zero-order chi connectivity index (χ0) is 20.1. The molecule has 28 heavy (non-hydrogen) atoms. The maximum atomic E-state index is 13.4. The van der Waals surface area contributed by atoms with Gasteiger partial charge in [-0.25, -0.2) is 0 Å². The van der Waals surface area contributed by atoms with Gasteiger partial charge in [0.15, 0.2) is 11.5 Å².